The van der Waals surface area contributed by atoms with Crippen molar-refractivity contribution in [1.29, 1.82) is 0 Å². The molecule has 1 rings (SSSR count). The molecule has 0 aromatic heterocycles. The van der Waals surface area contributed by atoms with Crippen molar-refractivity contribution in [3.05, 3.63) is 34.1 Å². The van der Waals surface area contributed by atoms with Gasteiger partial charge in [0.25, 0.3) is 0 Å². The summed E-state index contributed by atoms with van der Waals surface area (Å²) in [6.07, 6.45) is -0.0328. The number of halogens is 1. The lowest BCUT2D eigenvalue weighted by molar-refractivity contribution is -0.386. The zero-order valence-corrected chi connectivity index (χ0v) is 9.76. The molecule has 0 radical (unpaired) electrons. The monoisotopic (exact) mass is 242 g/mol. The predicted octanol–water partition coefficient (Wildman–Crippen LogP) is 1.94. The van der Waals surface area contributed by atoms with Gasteiger partial charge in [0.05, 0.1) is 11.0 Å². The molecule has 0 aliphatic heterocycles. The molecule has 1 atom stereocenters. The molecule has 94 valence electrons. The van der Waals surface area contributed by atoms with Crippen LogP contribution in [0.15, 0.2) is 18.2 Å². The van der Waals surface area contributed by atoms with Crippen LogP contribution in [0.3, 0.4) is 0 Å². The summed E-state index contributed by atoms with van der Waals surface area (Å²) in [5.41, 5.74) is -0.309. The molecule has 0 amide bonds. The van der Waals surface area contributed by atoms with Crippen molar-refractivity contribution < 1.29 is 14.4 Å². The van der Waals surface area contributed by atoms with E-state index in [0.717, 1.165) is 6.07 Å². The summed E-state index contributed by atoms with van der Waals surface area (Å²) < 4.78 is 13.3. The van der Waals surface area contributed by atoms with Crippen LogP contribution >= 0.6 is 0 Å². The van der Waals surface area contributed by atoms with Gasteiger partial charge in [-0.1, -0.05) is 6.07 Å². The molecule has 0 bridgehead atoms. The predicted molar refractivity (Wildman–Crippen MR) is 62.6 cm³/mol. The van der Waals surface area contributed by atoms with Crippen molar-refractivity contribution in [2.75, 3.05) is 18.5 Å². The average molecular weight is 242 g/mol. The Balaban J connectivity index is 2.96. The lowest BCUT2D eigenvalue weighted by Crippen LogP contribution is -2.22. The summed E-state index contributed by atoms with van der Waals surface area (Å²) in [6, 6.07) is 3.98. The molecule has 0 unspecified atom stereocenters. The summed E-state index contributed by atoms with van der Waals surface area (Å²) in [7, 11) is 1.63. The number of nitro groups is 1. The normalized spacial score (nSPS) is 12.2. The van der Waals surface area contributed by atoms with Crippen molar-refractivity contribution in [2.45, 2.75) is 19.4 Å². The molecule has 1 N–H and O–H groups in total. The summed E-state index contributed by atoms with van der Waals surface area (Å²) in [5, 5.41) is 19.9. The van der Waals surface area contributed by atoms with E-state index in [0.29, 0.717) is 13.0 Å². The first-order chi connectivity index (χ1) is 7.93. The van der Waals surface area contributed by atoms with E-state index in [1.807, 2.05) is 0 Å². The fourth-order valence-corrected chi connectivity index (χ4v) is 1.49. The Morgan fingerprint density at radius 1 is 1.59 bits per heavy atom. The minimum absolute atomic E-state index is 0.218. The van der Waals surface area contributed by atoms with Crippen molar-refractivity contribution >= 4 is 11.4 Å². The number of rotatable bonds is 5. The maximum atomic E-state index is 13.3. The fourth-order valence-electron chi connectivity index (χ4n) is 1.49. The third-order valence-electron chi connectivity index (χ3n) is 2.44. The summed E-state index contributed by atoms with van der Waals surface area (Å²) in [4.78, 5) is 11.6. The number of nitro benzene ring substituents is 1. The number of hydrogen-bond acceptors (Lipinski definition) is 4. The zero-order chi connectivity index (χ0) is 13.0. The lowest BCUT2D eigenvalue weighted by Gasteiger charge is -2.19. The quantitative estimate of drug-likeness (QED) is 0.633. The highest BCUT2D eigenvalue weighted by Gasteiger charge is 2.22. The Morgan fingerprint density at radius 2 is 2.24 bits per heavy atom. The van der Waals surface area contributed by atoms with Gasteiger partial charge >= 0.3 is 5.69 Å². The van der Waals surface area contributed by atoms with Gasteiger partial charge in [0, 0.05) is 13.6 Å². The Labute approximate surface area is 98.6 Å². The zero-order valence-electron chi connectivity index (χ0n) is 9.76. The topological polar surface area (TPSA) is 66.6 Å². The summed E-state index contributed by atoms with van der Waals surface area (Å²) in [6.45, 7) is 2.05. The second-order valence-corrected chi connectivity index (χ2v) is 3.92. The second-order valence-electron chi connectivity index (χ2n) is 3.92. The molecule has 0 saturated heterocycles. The largest absolute Gasteiger partial charge is 0.393 e. The van der Waals surface area contributed by atoms with Crippen LogP contribution in [0.4, 0.5) is 15.8 Å². The van der Waals surface area contributed by atoms with E-state index in [1.54, 1.807) is 18.9 Å². The molecule has 17 heavy (non-hydrogen) atoms. The average Bonchev–Trinajstić information content (AvgIpc) is 2.24. The standard InChI is InChI=1S/C11H15FN2O3/c1-8(15)6-7-13(2)10-5-3-4-9(12)11(10)14(16)17/h3-5,8,15H,6-7H2,1-2H3/t8-/m0/s1. The minimum Gasteiger partial charge on any atom is -0.393 e. The Morgan fingerprint density at radius 3 is 2.76 bits per heavy atom. The van der Waals surface area contributed by atoms with Crippen molar-refractivity contribution in [3.8, 4) is 0 Å². The number of nitrogens with zero attached hydrogens (tertiary/aromatic N) is 2. The van der Waals surface area contributed by atoms with Crippen molar-refractivity contribution in [3.63, 3.8) is 0 Å². The van der Waals surface area contributed by atoms with Crippen LogP contribution in [-0.2, 0) is 0 Å². The molecular formula is C11H15FN2O3. The van der Waals surface area contributed by atoms with E-state index in [1.165, 1.54) is 12.1 Å². The van der Waals surface area contributed by atoms with Crippen molar-refractivity contribution in [2.24, 2.45) is 0 Å². The van der Waals surface area contributed by atoms with E-state index in [4.69, 9.17) is 5.11 Å². The molecule has 0 spiro atoms. The smallest absolute Gasteiger partial charge is 0.327 e. The fraction of sp³-hybridized carbons (Fsp3) is 0.455. The molecule has 6 heteroatoms. The number of para-hydroxylation sites is 1. The molecule has 0 saturated carbocycles. The van der Waals surface area contributed by atoms with Gasteiger partial charge in [-0.15, -0.1) is 0 Å². The maximum Gasteiger partial charge on any atom is 0.327 e. The highest BCUT2D eigenvalue weighted by atomic mass is 19.1. The second kappa shape index (κ2) is 5.58. The molecule has 1 aromatic rings. The molecular weight excluding hydrogens is 227 g/mol. The van der Waals surface area contributed by atoms with Crippen LogP contribution in [0, 0.1) is 15.9 Å². The highest BCUT2D eigenvalue weighted by Crippen LogP contribution is 2.29. The Hall–Kier alpha value is -1.69. The minimum atomic E-state index is -0.851. The van der Waals surface area contributed by atoms with Gasteiger partial charge in [0.1, 0.15) is 5.69 Å². The maximum absolute atomic E-state index is 13.3. The number of hydrogen-bond donors (Lipinski definition) is 1. The van der Waals surface area contributed by atoms with Crippen LogP contribution in [0.1, 0.15) is 13.3 Å². The number of anilines is 1. The van der Waals surface area contributed by atoms with Gasteiger partial charge in [0.2, 0.25) is 5.82 Å². The van der Waals surface area contributed by atoms with E-state index in [2.05, 4.69) is 0 Å². The first kappa shape index (κ1) is 13.4. The van der Waals surface area contributed by atoms with Crippen LogP contribution in [0.25, 0.3) is 0 Å². The van der Waals surface area contributed by atoms with Crippen LogP contribution < -0.4 is 4.90 Å². The van der Waals surface area contributed by atoms with Gasteiger partial charge in [-0.3, -0.25) is 10.1 Å². The molecule has 0 heterocycles. The molecule has 1 aromatic carbocycles. The molecule has 0 aliphatic carbocycles. The Bertz CT molecular complexity index is 410. The van der Waals surface area contributed by atoms with E-state index in [9.17, 15) is 14.5 Å². The van der Waals surface area contributed by atoms with E-state index >= 15 is 0 Å². The summed E-state index contributed by atoms with van der Waals surface area (Å²) >= 11 is 0. The molecule has 0 fully saturated rings. The lowest BCUT2D eigenvalue weighted by atomic mass is 10.2. The van der Waals surface area contributed by atoms with Gasteiger partial charge in [-0.25, -0.2) is 0 Å². The number of aliphatic hydroxyl groups is 1. The van der Waals surface area contributed by atoms with Crippen LogP contribution in [-0.4, -0.2) is 29.7 Å². The number of benzene rings is 1. The third-order valence-corrected chi connectivity index (χ3v) is 2.44. The third kappa shape index (κ3) is 3.39. The van der Waals surface area contributed by atoms with E-state index < -0.39 is 22.5 Å². The Kier molecular flexibility index (Phi) is 4.39. The van der Waals surface area contributed by atoms with E-state index in [-0.39, 0.29) is 5.69 Å². The SMILES string of the molecule is C[C@H](O)CCN(C)c1cccc(F)c1[N+](=O)[O-]. The van der Waals surface area contributed by atoms with Crippen LogP contribution in [0.2, 0.25) is 0 Å². The first-order valence-electron chi connectivity index (χ1n) is 5.25. The van der Waals surface area contributed by atoms with Crippen LogP contribution in [0.5, 0.6) is 0 Å². The van der Waals surface area contributed by atoms with Gasteiger partial charge in [-0.05, 0) is 25.5 Å². The highest BCUT2D eigenvalue weighted by molar-refractivity contribution is 5.63. The molecule has 0 aliphatic rings. The number of aliphatic hydroxyl groups excluding tert-OH is 1. The van der Waals surface area contributed by atoms with Crippen molar-refractivity contribution in [1.82, 2.24) is 0 Å². The molecule has 5 nitrogen and oxygen atoms in total. The first-order valence-corrected chi connectivity index (χ1v) is 5.25. The van der Waals surface area contributed by atoms with Gasteiger partial charge in [-0.2, -0.15) is 4.39 Å². The summed E-state index contributed by atoms with van der Waals surface area (Å²) in [5.74, 6) is -0.851. The van der Waals surface area contributed by atoms with Gasteiger partial charge in [0.15, 0.2) is 0 Å². The van der Waals surface area contributed by atoms with Gasteiger partial charge < -0.3 is 10.0 Å².